The van der Waals surface area contributed by atoms with Gasteiger partial charge in [-0.15, -0.1) is 10.2 Å². The van der Waals surface area contributed by atoms with Gasteiger partial charge in [0.15, 0.2) is 5.65 Å². The van der Waals surface area contributed by atoms with Crippen LogP contribution in [0.15, 0.2) is 48.7 Å². The molecule has 0 unspecified atom stereocenters. The molecule has 19 heavy (non-hydrogen) atoms. The fraction of sp³-hybridized carbons (Fsp3) is 0. The second-order valence-corrected chi connectivity index (χ2v) is 4.03. The summed E-state index contributed by atoms with van der Waals surface area (Å²) in [5.74, 6) is 0.135. The molecule has 0 saturated heterocycles. The first-order valence-electron chi connectivity index (χ1n) is 5.71. The smallest absolute Gasteiger partial charge is 0.258 e. The Labute approximate surface area is 108 Å². The second kappa shape index (κ2) is 4.41. The van der Waals surface area contributed by atoms with Crippen LogP contribution in [0, 0.1) is 0 Å². The van der Waals surface area contributed by atoms with E-state index in [1.54, 1.807) is 34.9 Å². The number of hydrogen-bond acceptors (Lipinski definition) is 4. The maximum Gasteiger partial charge on any atom is 0.258 e. The lowest BCUT2D eigenvalue weighted by molar-refractivity contribution is 0.102. The Bertz CT molecular complexity index is 732. The zero-order chi connectivity index (χ0) is 13.2. The number of hydrogen-bond donors (Lipinski definition) is 2. The largest absolute Gasteiger partial charge is 0.399 e. The molecule has 1 amide bonds. The molecule has 0 aliphatic carbocycles. The number of nitrogens with zero attached hydrogens (tertiary/aromatic N) is 3. The van der Waals surface area contributed by atoms with E-state index < -0.39 is 0 Å². The fourth-order valence-electron chi connectivity index (χ4n) is 1.73. The Morgan fingerprint density at radius 1 is 1.11 bits per heavy atom. The third-order valence-corrected chi connectivity index (χ3v) is 2.71. The van der Waals surface area contributed by atoms with E-state index in [0.29, 0.717) is 22.8 Å². The van der Waals surface area contributed by atoms with Gasteiger partial charge in [-0.05, 0) is 36.4 Å². The fourth-order valence-corrected chi connectivity index (χ4v) is 1.73. The molecule has 3 N–H and O–H groups in total. The summed E-state index contributed by atoms with van der Waals surface area (Å²) in [6.07, 6.45) is 1.79. The van der Waals surface area contributed by atoms with E-state index in [-0.39, 0.29) is 5.91 Å². The molecule has 6 heteroatoms. The second-order valence-electron chi connectivity index (χ2n) is 4.03. The lowest BCUT2D eigenvalue weighted by atomic mass is 10.2. The summed E-state index contributed by atoms with van der Waals surface area (Å²) < 4.78 is 1.70. The number of anilines is 2. The SMILES string of the molecule is Nc1ccc(C(=O)Nc2nnc3ccccn23)cc1. The molecule has 94 valence electrons. The number of carbonyl (C=O) groups is 1. The van der Waals surface area contributed by atoms with Crippen molar-refractivity contribution in [2.24, 2.45) is 0 Å². The molecule has 0 saturated carbocycles. The normalized spacial score (nSPS) is 10.5. The highest BCUT2D eigenvalue weighted by molar-refractivity contribution is 6.03. The molecule has 2 aromatic heterocycles. The minimum atomic E-state index is -0.252. The predicted octanol–water partition coefficient (Wildman–Crippen LogP) is 1.56. The van der Waals surface area contributed by atoms with E-state index in [0.717, 1.165) is 0 Å². The number of pyridine rings is 1. The molecule has 3 rings (SSSR count). The van der Waals surface area contributed by atoms with Crippen LogP contribution in [0.25, 0.3) is 5.65 Å². The van der Waals surface area contributed by atoms with Crippen LogP contribution in [0.4, 0.5) is 11.6 Å². The van der Waals surface area contributed by atoms with Crippen LogP contribution < -0.4 is 11.1 Å². The topological polar surface area (TPSA) is 85.3 Å². The summed E-state index contributed by atoms with van der Waals surface area (Å²) in [5.41, 5.74) is 7.39. The van der Waals surface area contributed by atoms with Crippen molar-refractivity contribution in [2.45, 2.75) is 0 Å². The van der Waals surface area contributed by atoms with Gasteiger partial charge in [0.05, 0.1) is 0 Å². The monoisotopic (exact) mass is 253 g/mol. The molecular weight excluding hydrogens is 242 g/mol. The Morgan fingerprint density at radius 2 is 1.89 bits per heavy atom. The molecule has 0 atom stereocenters. The van der Waals surface area contributed by atoms with Gasteiger partial charge in [0, 0.05) is 17.4 Å². The predicted molar refractivity (Wildman–Crippen MR) is 71.8 cm³/mol. The molecule has 0 spiro atoms. The first kappa shape index (κ1) is 11.2. The van der Waals surface area contributed by atoms with Gasteiger partial charge in [0.2, 0.25) is 5.95 Å². The van der Waals surface area contributed by atoms with Crippen LogP contribution in [0.2, 0.25) is 0 Å². The number of amides is 1. The Kier molecular flexibility index (Phi) is 2.60. The highest BCUT2D eigenvalue weighted by Crippen LogP contribution is 2.10. The Hall–Kier alpha value is -2.89. The van der Waals surface area contributed by atoms with E-state index in [2.05, 4.69) is 15.5 Å². The lowest BCUT2D eigenvalue weighted by Gasteiger charge is -2.03. The molecule has 0 fully saturated rings. The van der Waals surface area contributed by atoms with E-state index in [1.807, 2.05) is 18.2 Å². The number of benzene rings is 1. The summed E-state index contributed by atoms with van der Waals surface area (Å²) in [4.78, 5) is 12.0. The van der Waals surface area contributed by atoms with E-state index in [1.165, 1.54) is 0 Å². The summed E-state index contributed by atoms with van der Waals surface area (Å²) in [7, 11) is 0. The first-order valence-corrected chi connectivity index (χ1v) is 5.71. The lowest BCUT2D eigenvalue weighted by Crippen LogP contribution is -2.14. The van der Waals surface area contributed by atoms with Crippen LogP contribution in [-0.2, 0) is 0 Å². The van der Waals surface area contributed by atoms with Gasteiger partial charge < -0.3 is 5.73 Å². The van der Waals surface area contributed by atoms with Crippen LogP contribution in [0.5, 0.6) is 0 Å². The number of fused-ring (bicyclic) bond motifs is 1. The highest BCUT2D eigenvalue weighted by Gasteiger charge is 2.10. The molecule has 0 aliphatic rings. The number of nitrogens with two attached hydrogens (primary N) is 1. The summed E-state index contributed by atoms with van der Waals surface area (Å²) in [6.45, 7) is 0. The Morgan fingerprint density at radius 3 is 2.68 bits per heavy atom. The Balaban J connectivity index is 1.89. The van der Waals surface area contributed by atoms with Crippen molar-refractivity contribution in [1.82, 2.24) is 14.6 Å². The molecule has 2 heterocycles. The van der Waals surface area contributed by atoms with Crippen molar-refractivity contribution in [3.8, 4) is 0 Å². The molecule has 0 bridgehead atoms. The van der Waals surface area contributed by atoms with Crippen molar-refractivity contribution in [3.05, 3.63) is 54.2 Å². The number of rotatable bonds is 2. The molecule has 0 radical (unpaired) electrons. The van der Waals surface area contributed by atoms with Crippen molar-refractivity contribution < 1.29 is 4.79 Å². The van der Waals surface area contributed by atoms with Gasteiger partial charge in [0.25, 0.3) is 5.91 Å². The molecule has 6 nitrogen and oxygen atoms in total. The number of carbonyl (C=O) groups excluding carboxylic acids is 1. The number of nitrogen functional groups attached to an aromatic ring is 1. The van der Waals surface area contributed by atoms with Crippen LogP contribution in [-0.4, -0.2) is 20.5 Å². The van der Waals surface area contributed by atoms with Gasteiger partial charge in [-0.25, -0.2) is 0 Å². The summed E-state index contributed by atoms with van der Waals surface area (Å²) >= 11 is 0. The van der Waals surface area contributed by atoms with E-state index >= 15 is 0 Å². The average Bonchev–Trinajstić information content (AvgIpc) is 2.83. The molecule has 3 aromatic rings. The van der Waals surface area contributed by atoms with Gasteiger partial charge in [-0.1, -0.05) is 6.07 Å². The minimum Gasteiger partial charge on any atom is -0.399 e. The van der Waals surface area contributed by atoms with Gasteiger partial charge in [-0.3, -0.25) is 14.5 Å². The van der Waals surface area contributed by atoms with E-state index in [9.17, 15) is 4.79 Å². The molecular formula is C13H11N5O. The molecule has 1 aromatic carbocycles. The maximum atomic E-state index is 12.0. The van der Waals surface area contributed by atoms with Crippen molar-refractivity contribution in [2.75, 3.05) is 11.1 Å². The van der Waals surface area contributed by atoms with E-state index in [4.69, 9.17) is 5.73 Å². The average molecular weight is 253 g/mol. The van der Waals surface area contributed by atoms with Crippen LogP contribution >= 0.6 is 0 Å². The third-order valence-electron chi connectivity index (χ3n) is 2.71. The van der Waals surface area contributed by atoms with Crippen LogP contribution in [0.1, 0.15) is 10.4 Å². The van der Waals surface area contributed by atoms with Gasteiger partial charge in [0.1, 0.15) is 0 Å². The third kappa shape index (κ3) is 2.11. The van der Waals surface area contributed by atoms with Gasteiger partial charge in [-0.2, -0.15) is 0 Å². The van der Waals surface area contributed by atoms with Crippen molar-refractivity contribution in [3.63, 3.8) is 0 Å². The zero-order valence-electron chi connectivity index (χ0n) is 9.95. The quantitative estimate of drug-likeness (QED) is 0.679. The number of aromatic nitrogens is 3. The molecule has 0 aliphatic heterocycles. The van der Waals surface area contributed by atoms with Crippen LogP contribution in [0.3, 0.4) is 0 Å². The highest BCUT2D eigenvalue weighted by atomic mass is 16.1. The van der Waals surface area contributed by atoms with Gasteiger partial charge >= 0.3 is 0 Å². The zero-order valence-corrected chi connectivity index (χ0v) is 9.95. The summed E-state index contributed by atoms with van der Waals surface area (Å²) in [5, 5.41) is 10.6. The maximum absolute atomic E-state index is 12.0. The minimum absolute atomic E-state index is 0.252. The standard InChI is InChI=1S/C13H11N5O/c14-10-6-4-9(5-7-10)12(19)15-13-17-16-11-3-1-2-8-18(11)13/h1-8H,14H2,(H,15,17,19). The van der Waals surface area contributed by atoms with Crippen molar-refractivity contribution in [1.29, 1.82) is 0 Å². The summed E-state index contributed by atoms with van der Waals surface area (Å²) in [6, 6.07) is 12.2. The first-order chi connectivity index (χ1) is 9.24. The number of nitrogens with one attached hydrogen (secondary N) is 1. The van der Waals surface area contributed by atoms with Crippen molar-refractivity contribution >= 4 is 23.2 Å².